The van der Waals surface area contributed by atoms with Gasteiger partial charge in [-0.25, -0.2) is 9.59 Å². The van der Waals surface area contributed by atoms with Crippen molar-refractivity contribution < 1.29 is 24.2 Å². The number of hydrogen-bond donors (Lipinski definition) is 2. The number of rotatable bonds is 6. The molecule has 0 saturated heterocycles. The quantitative estimate of drug-likeness (QED) is 0.677. The van der Waals surface area contributed by atoms with E-state index in [-0.39, 0.29) is 11.5 Å². The molecule has 2 rings (SSSR count). The van der Waals surface area contributed by atoms with E-state index in [0.29, 0.717) is 11.1 Å². The molecule has 0 spiro atoms. The summed E-state index contributed by atoms with van der Waals surface area (Å²) in [6.07, 6.45) is -0.708. The number of thioether (sulfide) groups is 1. The third-order valence-corrected chi connectivity index (χ3v) is 4.78. The van der Waals surface area contributed by atoms with Crippen LogP contribution in [-0.2, 0) is 16.0 Å². The molecular weight excluding hydrogens is 390 g/mol. The number of carboxylic acids is 1. The van der Waals surface area contributed by atoms with Crippen molar-refractivity contribution in [3.63, 3.8) is 0 Å². The van der Waals surface area contributed by atoms with Crippen LogP contribution in [0, 0.1) is 6.92 Å². The summed E-state index contributed by atoms with van der Waals surface area (Å²) in [4.78, 5) is 36.6. The van der Waals surface area contributed by atoms with E-state index in [1.54, 1.807) is 45.0 Å². The minimum absolute atomic E-state index is 0.0775. The van der Waals surface area contributed by atoms with Gasteiger partial charge in [-0.2, -0.15) is 0 Å². The lowest BCUT2D eigenvalue weighted by atomic mass is 10.0. The van der Waals surface area contributed by atoms with Crippen LogP contribution in [0.3, 0.4) is 0 Å². The lowest BCUT2D eigenvalue weighted by Gasteiger charge is -2.22. The van der Waals surface area contributed by atoms with Crippen LogP contribution in [-0.4, -0.2) is 33.9 Å². The summed E-state index contributed by atoms with van der Waals surface area (Å²) in [6, 6.07) is 13.2. The monoisotopic (exact) mass is 415 g/mol. The Morgan fingerprint density at radius 1 is 1.03 bits per heavy atom. The van der Waals surface area contributed by atoms with Crippen molar-refractivity contribution in [3.05, 3.63) is 65.2 Å². The summed E-state index contributed by atoms with van der Waals surface area (Å²) in [5, 5.41) is 11.6. The molecule has 0 bridgehead atoms. The number of benzene rings is 2. The standard InChI is InChI=1S/C22H25NO5S/c1-14-5-11-17(12-6-14)29-20(26)16-9-7-15(8-10-16)13-18(19(24)25)23-21(27)28-22(2,3)4/h5-12,18H,13H2,1-4H3,(H,23,27)(H,24,25). The van der Waals surface area contributed by atoms with Gasteiger partial charge in [0.1, 0.15) is 11.6 Å². The number of carboxylic acid groups (broad SMARTS) is 1. The number of ether oxygens (including phenoxy) is 1. The van der Waals surface area contributed by atoms with Gasteiger partial charge in [0, 0.05) is 16.9 Å². The van der Waals surface area contributed by atoms with Gasteiger partial charge in [0.25, 0.3) is 0 Å². The van der Waals surface area contributed by atoms with Gasteiger partial charge in [-0.1, -0.05) is 42.0 Å². The first kappa shape index (κ1) is 22.5. The molecule has 6 nitrogen and oxygen atoms in total. The average Bonchev–Trinajstić information content (AvgIpc) is 2.62. The normalized spacial score (nSPS) is 12.1. The molecule has 0 saturated carbocycles. The lowest BCUT2D eigenvalue weighted by Crippen LogP contribution is -2.44. The highest BCUT2D eigenvalue weighted by molar-refractivity contribution is 8.14. The van der Waals surface area contributed by atoms with E-state index in [2.05, 4.69) is 5.32 Å². The summed E-state index contributed by atoms with van der Waals surface area (Å²) in [6.45, 7) is 7.09. The fraction of sp³-hybridized carbons (Fsp3) is 0.318. The maximum Gasteiger partial charge on any atom is 0.408 e. The topological polar surface area (TPSA) is 92.7 Å². The second-order valence-electron chi connectivity index (χ2n) is 7.64. The lowest BCUT2D eigenvalue weighted by molar-refractivity contribution is -0.139. The molecule has 2 aromatic carbocycles. The van der Waals surface area contributed by atoms with Crippen LogP contribution in [0.5, 0.6) is 0 Å². The summed E-state index contributed by atoms with van der Waals surface area (Å²) >= 11 is 1.14. The summed E-state index contributed by atoms with van der Waals surface area (Å²) in [5.41, 5.74) is 1.61. The molecule has 0 aliphatic heterocycles. The van der Waals surface area contributed by atoms with E-state index in [1.807, 2.05) is 31.2 Å². The molecule has 0 heterocycles. The molecule has 0 aliphatic carbocycles. The zero-order valence-corrected chi connectivity index (χ0v) is 17.7. The van der Waals surface area contributed by atoms with Crippen molar-refractivity contribution in [1.82, 2.24) is 5.32 Å². The van der Waals surface area contributed by atoms with Crippen molar-refractivity contribution >= 4 is 28.9 Å². The Labute approximate surface area is 174 Å². The van der Waals surface area contributed by atoms with Crippen LogP contribution >= 0.6 is 11.8 Å². The molecule has 1 unspecified atom stereocenters. The molecule has 1 atom stereocenters. The smallest absolute Gasteiger partial charge is 0.408 e. The van der Waals surface area contributed by atoms with Gasteiger partial charge in [-0.15, -0.1) is 0 Å². The first-order chi connectivity index (χ1) is 13.5. The van der Waals surface area contributed by atoms with Crippen LogP contribution in [0.25, 0.3) is 0 Å². The number of aliphatic carboxylic acids is 1. The third kappa shape index (κ3) is 7.62. The molecule has 29 heavy (non-hydrogen) atoms. The highest BCUT2D eigenvalue weighted by Gasteiger charge is 2.24. The number of aryl methyl sites for hydroxylation is 1. The number of hydrogen-bond acceptors (Lipinski definition) is 5. The molecular formula is C22H25NO5S. The van der Waals surface area contributed by atoms with Gasteiger partial charge in [-0.3, -0.25) is 4.79 Å². The first-order valence-electron chi connectivity index (χ1n) is 9.13. The van der Waals surface area contributed by atoms with Gasteiger partial charge >= 0.3 is 12.1 Å². The Morgan fingerprint density at radius 2 is 1.62 bits per heavy atom. The van der Waals surface area contributed by atoms with Gasteiger partial charge in [0.2, 0.25) is 5.12 Å². The highest BCUT2D eigenvalue weighted by Crippen LogP contribution is 2.23. The number of nitrogens with one attached hydrogen (secondary N) is 1. The molecule has 0 radical (unpaired) electrons. The second-order valence-corrected chi connectivity index (χ2v) is 8.69. The summed E-state index contributed by atoms with van der Waals surface area (Å²) < 4.78 is 5.11. The molecule has 0 aliphatic rings. The number of alkyl carbamates (subject to hydrolysis) is 1. The summed E-state index contributed by atoms with van der Waals surface area (Å²) in [5.74, 6) is -1.16. The number of carbonyl (C=O) groups is 3. The Bertz CT molecular complexity index is 870. The maximum atomic E-state index is 12.4. The van der Waals surface area contributed by atoms with E-state index >= 15 is 0 Å². The maximum absolute atomic E-state index is 12.4. The predicted octanol–water partition coefficient (Wildman–Crippen LogP) is 4.45. The summed E-state index contributed by atoms with van der Waals surface area (Å²) in [7, 11) is 0. The molecule has 2 aromatic rings. The van der Waals surface area contributed by atoms with Crippen LogP contribution in [0.1, 0.15) is 42.3 Å². The van der Waals surface area contributed by atoms with Crippen molar-refractivity contribution in [1.29, 1.82) is 0 Å². The van der Waals surface area contributed by atoms with Crippen molar-refractivity contribution in [2.24, 2.45) is 0 Å². The number of carbonyl (C=O) groups excluding carboxylic acids is 2. The zero-order chi connectivity index (χ0) is 21.6. The Kier molecular flexibility index (Phi) is 7.45. The Hall–Kier alpha value is -2.80. The molecule has 7 heteroatoms. The van der Waals surface area contributed by atoms with E-state index in [1.165, 1.54) is 0 Å². The van der Waals surface area contributed by atoms with Crippen LogP contribution in [0.2, 0.25) is 0 Å². The van der Waals surface area contributed by atoms with Crippen molar-refractivity contribution in [3.8, 4) is 0 Å². The van der Waals surface area contributed by atoms with E-state index in [4.69, 9.17) is 4.74 Å². The third-order valence-electron chi connectivity index (χ3n) is 3.85. The molecule has 0 aromatic heterocycles. The fourth-order valence-electron chi connectivity index (χ4n) is 2.43. The van der Waals surface area contributed by atoms with E-state index in [9.17, 15) is 19.5 Å². The first-order valence-corrected chi connectivity index (χ1v) is 9.95. The highest BCUT2D eigenvalue weighted by atomic mass is 32.2. The van der Waals surface area contributed by atoms with Gasteiger partial charge in [-0.05, 0) is 57.2 Å². The van der Waals surface area contributed by atoms with Gasteiger partial charge in [0.15, 0.2) is 0 Å². The minimum Gasteiger partial charge on any atom is -0.480 e. The Balaban J connectivity index is 2.00. The average molecular weight is 416 g/mol. The molecule has 0 fully saturated rings. The minimum atomic E-state index is -1.16. The van der Waals surface area contributed by atoms with Crippen LogP contribution < -0.4 is 5.32 Å². The van der Waals surface area contributed by atoms with Crippen LogP contribution in [0.15, 0.2) is 53.4 Å². The van der Waals surface area contributed by atoms with Gasteiger partial charge < -0.3 is 15.2 Å². The predicted molar refractivity (Wildman–Crippen MR) is 112 cm³/mol. The molecule has 1 amide bonds. The molecule has 154 valence electrons. The number of amides is 1. The van der Waals surface area contributed by atoms with E-state index < -0.39 is 23.7 Å². The van der Waals surface area contributed by atoms with Crippen molar-refractivity contribution in [2.45, 2.75) is 50.7 Å². The Morgan fingerprint density at radius 3 is 2.14 bits per heavy atom. The zero-order valence-electron chi connectivity index (χ0n) is 16.9. The SMILES string of the molecule is Cc1ccc(SC(=O)c2ccc(CC(NC(=O)OC(C)(C)C)C(=O)O)cc2)cc1. The molecule has 2 N–H and O–H groups in total. The van der Waals surface area contributed by atoms with E-state index in [0.717, 1.165) is 22.2 Å². The van der Waals surface area contributed by atoms with Gasteiger partial charge in [0.05, 0.1) is 0 Å². The van der Waals surface area contributed by atoms with Crippen LogP contribution in [0.4, 0.5) is 4.79 Å². The second kappa shape index (κ2) is 9.60. The fourth-order valence-corrected chi connectivity index (χ4v) is 3.17. The largest absolute Gasteiger partial charge is 0.480 e. The van der Waals surface area contributed by atoms with Crippen molar-refractivity contribution in [2.75, 3.05) is 0 Å².